The van der Waals surface area contributed by atoms with Crippen LogP contribution in [0.15, 0.2) is 70.7 Å². The number of carbonyl (C=O) groups excluding carboxylic acids is 1. The molecule has 0 radical (unpaired) electrons. The van der Waals surface area contributed by atoms with E-state index in [-0.39, 0.29) is 5.91 Å². The summed E-state index contributed by atoms with van der Waals surface area (Å²) in [6, 6.07) is 13.3. The van der Waals surface area contributed by atoms with Gasteiger partial charge in [0.1, 0.15) is 0 Å². The van der Waals surface area contributed by atoms with Gasteiger partial charge in [-0.15, -0.1) is 6.58 Å². The molecule has 3 aromatic rings. The smallest absolute Gasteiger partial charge is 0.272 e. The maximum atomic E-state index is 12.3. The van der Waals surface area contributed by atoms with Gasteiger partial charge in [-0.3, -0.25) is 4.79 Å². The lowest BCUT2D eigenvalue weighted by Crippen LogP contribution is -2.15. The van der Waals surface area contributed by atoms with Crippen molar-refractivity contribution in [2.45, 2.75) is 6.54 Å². The minimum atomic E-state index is -0.330. The number of rotatable bonds is 4. The first kappa shape index (κ1) is 17.9. The van der Waals surface area contributed by atoms with Crippen LogP contribution in [-0.2, 0) is 11.3 Å². The van der Waals surface area contributed by atoms with Crippen LogP contribution >= 0.6 is 38.9 Å². The third-order valence-corrected chi connectivity index (χ3v) is 5.35. The van der Waals surface area contributed by atoms with Gasteiger partial charge in [0.25, 0.3) is 5.91 Å². The number of allylic oxidation sites excluding steroid dienone is 1. The molecular weight excluding hydrogens is 420 g/mol. The zero-order valence-electron chi connectivity index (χ0n) is 13.2. The second kappa shape index (κ2) is 7.95. The molecule has 0 aliphatic heterocycles. The van der Waals surface area contributed by atoms with Gasteiger partial charge in [0, 0.05) is 22.1 Å². The van der Waals surface area contributed by atoms with Gasteiger partial charge in [-0.25, -0.2) is 0 Å². The van der Waals surface area contributed by atoms with E-state index in [2.05, 4.69) is 27.5 Å². The summed E-state index contributed by atoms with van der Waals surface area (Å²) in [5, 5.41) is 0.597. The van der Waals surface area contributed by atoms with Crippen LogP contribution in [0.3, 0.4) is 0 Å². The Morgan fingerprint density at radius 2 is 2.12 bits per heavy atom. The van der Waals surface area contributed by atoms with Crippen molar-refractivity contribution < 1.29 is 4.79 Å². The zero-order chi connectivity index (χ0) is 17.8. The van der Waals surface area contributed by atoms with Gasteiger partial charge in [0.2, 0.25) is 0 Å². The number of benzene rings is 2. The number of thiazole rings is 1. The van der Waals surface area contributed by atoms with Crippen molar-refractivity contribution >= 4 is 61.1 Å². The Hall–Kier alpha value is -1.95. The molecule has 1 amide bonds. The van der Waals surface area contributed by atoms with E-state index in [0.29, 0.717) is 16.4 Å². The highest BCUT2D eigenvalue weighted by atomic mass is 79.9. The third-order valence-electron chi connectivity index (χ3n) is 3.47. The minimum Gasteiger partial charge on any atom is -0.312 e. The Kier molecular flexibility index (Phi) is 5.68. The van der Waals surface area contributed by atoms with E-state index < -0.39 is 0 Å². The highest BCUT2D eigenvalue weighted by Crippen LogP contribution is 2.22. The normalized spacial score (nSPS) is 12.2. The minimum absolute atomic E-state index is 0.330. The molecule has 126 valence electrons. The molecule has 3 rings (SSSR count). The summed E-state index contributed by atoms with van der Waals surface area (Å²) >= 11 is 11.0. The number of hydrogen-bond donors (Lipinski definition) is 0. The van der Waals surface area contributed by atoms with Gasteiger partial charge in [0.15, 0.2) is 4.80 Å². The number of amides is 1. The van der Waals surface area contributed by atoms with Crippen molar-refractivity contribution in [2.75, 3.05) is 0 Å². The summed E-state index contributed by atoms with van der Waals surface area (Å²) in [7, 11) is 0. The molecule has 0 aliphatic carbocycles. The fourth-order valence-electron chi connectivity index (χ4n) is 2.34. The standard InChI is InChI=1S/C19H14BrClN2OS/c1-2-11-23-16-9-8-14(20)12-17(16)25-19(23)22-18(24)10-7-13-5-3-4-6-15(13)21/h2-10,12H,1,11H2. The van der Waals surface area contributed by atoms with Crippen LogP contribution in [0, 0.1) is 0 Å². The van der Waals surface area contributed by atoms with Crippen molar-refractivity contribution in [3.8, 4) is 0 Å². The maximum Gasteiger partial charge on any atom is 0.272 e. The van der Waals surface area contributed by atoms with E-state index in [1.807, 2.05) is 41.0 Å². The van der Waals surface area contributed by atoms with Crippen LogP contribution in [0.2, 0.25) is 5.02 Å². The summed E-state index contributed by atoms with van der Waals surface area (Å²) in [6.45, 7) is 4.37. The van der Waals surface area contributed by atoms with Gasteiger partial charge in [-0.1, -0.05) is 63.1 Å². The quantitative estimate of drug-likeness (QED) is 0.398. The number of halogens is 2. The van der Waals surface area contributed by atoms with Gasteiger partial charge < -0.3 is 4.57 Å². The van der Waals surface area contributed by atoms with Crippen LogP contribution in [0.25, 0.3) is 16.3 Å². The topological polar surface area (TPSA) is 34.4 Å². The summed E-state index contributed by atoms with van der Waals surface area (Å²) in [6.07, 6.45) is 4.90. The lowest BCUT2D eigenvalue weighted by molar-refractivity contribution is -0.113. The molecule has 1 aromatic heterocycles. The van der Waals surface area contributed by atoms with E-state index in [1.165, 1.54) is 17.4 Å². The molecule has 0 aliphatic rings. The number of hydrogen-bond acceptors (Lipinski definition) is 2. The first-order valence-electron chi connectivity index (χ1n) is 7.49. The molecule has 0 bridgehead atoms. The largest absolute Gasteiger partial charge is 0.312 e. The Morgan fingerprint density at radius 1 is 1.32 bits per heavy atom. The van der Waals surface area contributed by atoms with Crippen molar-refractivity contribution in [3.05, 3.63) is 81.1 Å². The van der Waals surface area contributed by atoms with Crippen LogP contribution in [0.5, 0.6) is 0 Å². The molecule has 2 aromatic carbocycles. The lowest BCUT2D eigenvalue weighted by atomic mass is 10.2. The molecule has 0 N–H and O–H groups in total. The van der Waals surface area contributed by atoms with E-state index in [0.717, 1.165) is 20.3 Å². The van der Waals surface area contributed by atoms with Crippen LogP contribution in [0.4, 0.5) is 0 Å². The Labute approximate surface area is 162 Å². The van der Waals surface area contributed by atoms with Crippen LogP contribution < -0.4 is 4.80 Å². The summed E-state index contributed by atoms with van der Waals surface area (Å²) in [4.78, 5) is 17.1. The van der Waals surface area contributed by atoms with E-state index in [9.17, 15) is 4.79 Å². The van der Waals surface area contributed by atoms with Gasteiger partial charge in [-0.05, 0) is 35.9 Å². The fourth-order valence-corrected chi connectivity index (χ4v) is 4.14. The lowest BCUT2D eigenvalue weighted by Gasteiger charge is -2.00. The number of carbonyl (C=O) groups is 1. The number of fused-ring (bicyclic) bond motifs is 1. The highest BCUT2D eigenvalue weighted by Gasteiger charge is 2.06. The number of nitrogens with zero attached hydrogens (tertiary/aromatic N) is 2. The van der Waals surface area contributed by atoms with Crippen LogP contribution in [0.1, 0.15) is 5.56 Å². The second-order valence-corrected chi connectivity index (χ2v) is 7.53. The number of aromatic nitrogens is 1. The van der Waals surface area contributed by atoms with Gasteiger partial charge in [-0.2, -0.15) is 4.99 Å². The maximum absolute atomic E-state index is 12.3. The second-order valence-electron chi connectivity index (χ2n) is 5.20. The van der Waals surface area contributed by atoms with Crippen LogP contribution in [-0.4, -0.2) is 10.5 Å². The molecule has 0 fully saturated rings. The summed E-state index contributed by atoms with van der Waals surface area (Å²) < 4.78 is 4.02. The Bertz CT molecular complexity index is 1050. The molecule has 6 heteroatoms. The monoisotopic (exact) mass is 432 g/mol. The molecule has 25 heavy (non-hydrogen) atoms. The molecular formula is C19H14BrClN2OS. The van der Waals surface area contributed by atoms with E-state index in [4.69, 9.17) is 11.6 Å². The SMILES string of the molecule is C=CCn1c(=NC(=O)C=Cc2ccccc2Cl)sc2cc(Br)ccc21. The van der Waals surface area contributed by atoms with Gasteiger partial charge >= 0.3 is 0 Å². The fraction of sp³-hybridized carbons (Fsp3) is 0.0526. The molecule has 0 saturated heterocycles. The summed E-state index contributed by atoms with van der Waals surface area (Å²) in [5.41, 5.74) is 1.81. The first-order chi connectivity index (χ1) is 12.1. The van der Waals surface area contributed by atoms with Crippen molar-refractivity contribution in [2.24, 2.45) is 4.99 Å². The van der Waals surface area contributed by atoms with E-state index >= 15 is 0 Å². The zero-order valence-corrected chi connectivity index (χ0v) is 16.3. The highest BCUT2D eigenvalue weighted by molar-refractivity contribution is 9.10. The van der Waals surface area contributed by atoms with Crippen molar-refractivity contribution in [1.82, 2.24) is 4.57 Å². The molecule has 0 unspecified atom stereocenters. The third kappa shape index (κ3) is 4.18. The molecule has 1 heterocycles. The predicted octanol–water partition coefficient (Wildman–Crippen LogP) is 5.45. The Morgan fingerprint density at radius 3 is 2.88 bits per heavy atom. The molecule has 0 saturated carbocycles. The molecule has 3 nitrogen and oxygen atoms in total. The Balaban J connectivity index is 1.99. The average Bonchev–Trinajstić information content (AvgIpc) is 2.91. The van der Waals surface area contributed by atoms with Crippen molar-refractivity contribution in [3.63, 3.8) is 0 Å². The molecule has 0 spiro atoms. The summed E-state index contributed by atoms with van der Waals surface area (Å²) in [5.74, 6) is -0.330. The molecule has 0 atom stereocenters. The first-order valence-corrected chi connectivity index (χ1v) is 9.48. The van der Waals surface area contributed by atoms with Crippen molar-refractivity contribution in [1.29, 1.82) is 0 Å². The average molecular weight is 434 g/mol. The van der Waals surface area contributed by atoms with E-state index in [1.54, 1.807) is 18.2 Å². The van der Waals surface area contributed by atoms with Gasteiger partial charge in [0.05, 0.1) is 10.2 Å². The predicted molar refractivity (Wildman–Crippen MR) is 109 cm³/mol.